The standard InChI is InChI=1S/C25H31F3N6O3S/c1-33-23-9-6-18(13-19(23)14-30-33)17-4-7-21(8-5-17)37-16-20-15-34(24-3-2-11-29-31-24)12-10-22(20)32-38(35,36)25(26,27)28/h2-3,6,9,11,13-14,17,20-22,32H,4-5,7-8,10,12,15-16H2,1H3/t17?,20-,21?,22-/m0/s1. The number of aryl methyl sites for hydroxylation is 1. The fourth-order valence-corrected chi connectivity index (χ4v) is 6.39. The molecule has 3 aromatic rings. The number of ether oxygens (including phenoxy) is 1. The fraction of sp³-hybridized carbons (Fsp3) is 0.560. The van der Waals surface area contributed by atoms with E-state index in [1.54, 1.807) is 18.3 Å². The first-order valence-corrected chi connectivity index (χ1v) is 14.2. The van der Waals surface area contributed by atoms with Crippen molar-refractivity contribution in [2.45, 2.75) is 55.7 Å². The number of piperidine rings is 1. The SMILES string of the molecule is Cn1ncc2cc(C3CCC(OC[C@@H]4CN(c5cccnn5)CC[C@@H]4NS(=O)(=O)C(F)(F)F)CC3)ccc21. The van der Waals surface area contributed by atoms with Gasteiger partial charge in [-0.1, -0.05) is 6.07 Å². The molecule has 1 aliphatic carbocycles. The molecule has 1 N–H and O–H groups in total. The Morgan fingerprint density at radius 1 is 1.13 bits per heavy atom. The van der Waals surface area contributed by atoms with Gasteiger partial charge in [-0.15, -0.1) is 5.10 Å². The van der Waals surface area contributed by atoms with Crippen molar-refractivity contribution in [2.75, 3.05) is 24.6 Å². The zero-order valence-corrected chi connectivity index (χ0v) is 21.8. The van der Waals surface area contributed by atoms with Crippen molar-refractivity contribution in [3.63, 3.8) is 0 Å². The quantitative estimate of drug-likeness (QED) is 0.477. The van der Waals surface area contributed by atoms with Gasteiger partial charge < -0.3 is 9.64 Å². The van der Waals surface area contributed by atoms with E-state index in [1.807, 2.05) is 27.5 Å². The molecule has 9 nitrogen and oxygen atoms in total. The van der Waals surface area contributed by atoms with Gasteiger partial charge in [-0.2, -0.15) is 23.4 Å². The molecular weight excluding hydrogens is 521 g/mol. The maximum Gasteiger partial charge on any atom is 0.511 e. The Bertz CT molecular complexity index is 1340. The van der Waals surface area contributed by atoms with Crippen LogP contribution >= 0.6 is 0 Å². The summed E-state index contributed by atoms with van der Waals surface area (Å²) in [6, 6.07) is 9.04. The second kappa shape index (κ2) is 10.8. The Morgan fingerprint density at radius 3 is 2.63 bits per heavy atom. The molecule has 2 atom stereocenters. The first-order valence-electron chi connectivity index (χ1n) is 12.8. The van der Waals surface area contributed by atoms with Crippen LogP contribution in [-0.4, -0.2) is 65.7 Å². The van der Waals surface area contributed by atoms with Crippen molar-refractivity contribution >= 4 is 26.7 Å². The molecule has 0 bridgehead atoms. The van der Waals surface area contributed by atoms with Gasteiger partial charge in [0, 0.05) is 43.7 Å². The molecule has 1 saturated carbocycles. The first kappa shape index (κ1) is 26.8. The van der Waals surface area contributed by atoms with Crippen LogP contribution in [0.25, 0.3) is 10.9 Å². The van der Waals surface area contributed by atoms with Crippen molar-refractivity contribution in [1.82, 2.24) is 24.7 Å². The maximum atomic E-state index is 13.1. The third kappa shape index (κ3) is 5.79. The molecule has 2 aliphatic rings. The molecule has 0 radical (unpaired) electrons. The summed E-state index contributed by atoms with van der Waals surface area (Å²) >= 11 is 0. The first-order chi connectivity index (χ1) is 18.1. The van der Waals surface area contributed by atoms with Crippen LogP contribution in [0.15, 0.2) is 42.7 Å². The van der Waals surface area contributed by atoms with Crippen LogP contribution in [0.3, 0.4) is 0 Å². The number of benzene rings is 1. The van der Waals surface area contributed by atoms with Gasteiger partial charge in [-0.05, 0) is 67.9 Å². The third-order valence-electron chi connectivity index (χ3n) is 7.69. The maximum absolute atomic E-state index is 13.1. The molecule has 5 rings (SSSR count). The normalized spacial score (nSPS) is 25.1. The molecule has 2 aromatic heterocycles. The van der Waals surface area contributed by atoms with Crippen LogP contribution in [0.2, 0.25) is 0 Å². The number of hydrogen-bond donors (Lipinski definition) is 1. The van der Waals surface area contributed by atoms with E-state index in [0.717, 1.165) is 36.6 Å². The summed E-state index contributed by atoms with van der Waals surface area (Å²) in [4.78, 5) is 1.91. The van der Waals surface area contributed by atoms with Gasteiger partial charge in [-0.25, -0.2) is 13.1 Å². The molecule has 38 heavy (non-hydrogen) atoms. The number of anilines is 1. The number of halogens is 3. The van der Waals surface area contributed by atoms with E-state index in [-0.39, 0.29) is 19.1 Å². The summed E-state index contributed by atoms with van der Waals surface area (Å²) in [7, 11) is -3.55. The number of nitrogens with zero attached hydrogens (tertiary/aromatic N) is 5. The average Bonchev–Trinajstić information content (AvgIpc) is 3.28. The Kier molecular flexibility index (Phi) is 7.60. The van der Waals surface area contributed by atoms with Gasteiger partial charge in [0.25, 0.3) is 0 Å². The highest BCUT2D eigenvalue weighted by Gasteiger charge is 2.48. The van der Waals surface area contributed by atoms with Crippen LogP contribution in [0.4, 0.5) is 19.0 Å². The van der Waals surface area contributed by atoms with Crippen molar-refractivity contribution in [3.8, 4) is 0 Å². The molecule has 0 spiro atoms. The van der Waals surface area contributed by atoms with Crippen molar-refractivity contribution in [1.29, 1.82) is 0 Å². The monoisotopic (exact) mass is 552 g/mol. The lowest BCUT2D eigenvalue weighted by Gasteiger charge is -2.40. The molecule has 0 amide bonds. The highest BCUT2D eigenvalue weighted by Crippen LogP contribution is 2.36. The molecule has 1 aromatic carbocycles. The average molecular weight is 553 g/mol. The minimum Gasteiger partial charge on any atom is -0.378 e. The molecule has 2 fully saturated rings. The van der Waals surface area contributed by atoms with E-state index in [0.29, 0.717) is 24.8 Å². The van der Waals surface area contributed by atoms with E-state index >= 15 is 0 Å². The molecule has 13 heteroatoms. The van der Waals surface area contributed by atoms with Crippen LogP contribution in [0.5, 0.6) is 0 Å². The number of alkyl halides is 3. The summed E-state index contributed by atoms with van der Waals surface area (Å²) < 4.78 is 72.9. The van der Waals surface area contributed by atoms with E-state index in [1.165, 1.54) is 5.56 Å². The van der Waals surface area contributed by atoms with E-state index in [9.17, 15) is 21.6 Å². The molecule has 206 valence electrons. The number of sulfonamides is 1. The minimum absolute atomic E-state index is 0.0276. The van der Waals surface area contributed by atoms with Gasteiger partial charge >= 0.3 is 15.5 Å². The second-order valence-electron chi connectivity index (χ2n) is 10.1. The van der Waals surface area contributed by atoms with Crippen molar-refractivity contribution in [3.05, 3.63) is 48.3 Å². The van der Waals surface area contributed by atoms with Crippen molar-refractivity contribution in [2.24, 2.45) is 13.0 Å². The lowest BCUT2D eigenvalue weighted by molar-refractivity contribution is -0.0460. The zero-order chi connectivity index (χ0) is 26.9. The molecule has 0 unspecified atom stereocenters. The Balaban J connectivity index is 1.21. The van der Waals surface area contributed by atoms with Crippen LogP contribution in [-0.2, 0) is 21.8 Å². The summed E-state index contributed by atoms with van der Waals surface area (Å²) in [5, 5.41) is 13.4. The predicted octanol–water partition coefficient (Wildman–Crippen LogP) is 3.74. The van der Waals surface area contributed by atoms with Gasteiger partial charge in [0.1, 0.15) is 0 Å². The Morgan fingerprint density at radius 2 is 1.92 bits per heavy atom. The van der Waals surface area contributed by atoms with E-state index < -0.39 is 27.5 Å². The molecular formula is C25H31F3N6O3S. The lowest BCUT2D eigenvalue weighted by Crippen LogP contribution is -2.55. The molecule has 1 saturated heterocycles. The van der Waals surface area contributed by atoms with Gasteiger partial charge in [0.2, 0.25) is 0 Å². The number of rotatable bonds is 7. The number of aromatic nitrogens is 4. The third-order valence-corrected chi connectivity index (χ3v) is 8.91. The second-order valence-corrected chi connectivity index (χ2v) is 11.8. The Hall–Kier alpha value is -2.77. The van der Waals surface area contributed by atoms with Gasteiger partial charge in [0.05, 0.1) is 24.4 Å². The van der Waals surface area contributed by atoms with E-state index in [4.69, 9.17) is 4.74 Å². The highest BCUT2D eigenvalue weighted by molar-refractivity contribution is 7.90. The lowest BCUT2D eigenvalue weighted by atomic mass is 9.82. The van der Waals surface area contributed by atoms with Gasteiger partial charge in [-0.3, -0.25) is 4.68 Å². The minimum atomic E-state index is -5.47. The summed E-state index contributed by atoms with van der Waals surface area (Å²) in [6.45, 7) is 0.815. The van der Waals surface area contributed by atoms with E-state index in [2.05, 4.69) is 33.5 Å². The zero-order valence-electron chi connectivity index (χ0n) is 21.0. The summed E-state index contributed by atoms with van der Waals surface area (Å²) in [5.41, 5.74) is -3.00. The molecule has 1 aliphatic heterocycles. The number of nitrogens with one attached hydrogen (secondary N) is 1. The van der Waals surface area contributed by atoms with Crippen molar-refractivity contribution < 1.29 is 26.3 Å². The van der Waals surface area contributed by atoms with Crippen LogP contribution in [0.1, 0.15) is 43.6 Å². The fourth-order valence-electron chi connectivity index (χ4n) is 5.55. The van der Waals surface area contributed by atoms with Crippen LogP contribution < -0.4 is 9.62 Å². The molecule has 3 heterocycles. The highest BCUT2D eigenvalue weighted by atomic mass is 32.2. The number of fused-ring (bicyclic) bond motifs is 1. The van der Waals surface area contributed by atoms with Crippen LogP contribution in [0, 0.1) is 5.92 Å². The largest absolute Gasteiger partial charge is 0.511 e. The topological polar surface area (TPSA) is 102 Å². The Labute approximate surface area is 219 Å². The number of hydrogen-bond acceptors (Lipinski definition) is 7. The summed E-state index contributed by atoms with van der Waals surface area (Å²) in [5.74, 6) is 0.530. The van der Waals surface area contributed by atoms with Gasteiger partial charge in [0.15, 0.2) is 5.82 Å². The predicted molar refractivity (Wildman–Crippen MR) is 136 cm³/mol. The summed E-state index contributed by atoms with van der Waals surface area (Å²) in [6.07, 6.45) is 7.12. The smallest absolute Gasteiger partial charge is 0.378 e.